The van der Waals surface area contributed by atoms with Gasteiger partial charge in [0, 0.05) is 5.39 Å². The first kappa shape index (κ1) is 12.7. The molecule has 2 rings (SSSR count). The summed E-state index contributed by atoms with van der Waals surface area (Å²) in [7, 11) is 0. The first-order chi connectivity index (χ1) is 6.77. The average Bonchev–Trinajstić information content (AvgIpc) is 2.18. The van der Waals surface area contributed by atoms with E-state index in [-0.39, 0.29) is 29.6 Å². The predicted molar refractivity (Wildman–Crippen MR) is 53.5 cm³/mol. The molecule has 0 aliphatic rings. The van der Waals surface area contributed by atoms with Crippen molar-refractivity contribution in [1.29, 1.82) is 0 Å². The zero-order valence-corrected chi connectivity index (χ0v) is 11.0. The van der Waals surface area contributed by atoms with E-state index in [1.807, 2.05) is 30.3 Å². The Hall–Kier alpha value is -0.390. The second-order valence-electron chi connectivity index (χ2n) is 2.76. The maximum Gasteiger partial charge on any atom is 1.00 e. The van der Waals surface area contributed by atoms with Gasteiger partial charge in [-0.1, -0.05) is 36.4 Å². The molecule has 0 radical (unpaired) electrons. The standard InChI is InChI=1S/C10H8O3S.Na/c11-14(12)13-10-7-3-5-8-4-1-2-6-9(8)10;/h1-7H,(H,11,12);/q;+1/p-1. The fourth-order valence-corrected chi connectivity index (χ4v) is 1.63. The minimum Gasteiger partial charge on any atom is -0.740 e. The number of hydrogen-bond donors (Lipinski definition) is 0. The number of hydrogen-bond acceptors (Lipinski definition) is 3. The van der Waals surface area contributed by atoms with E-state index < -0.39 is 11.4 Å². The third kappa shape index (κ3) is 3.03. The van der Waals surface area contributed by atoms with E-state index in [0.29, 0.717) is 5.75 Å². The van der Waals surface area contributed by atoms with E-state index in [9.17, 15) is 8.76 Å². The summed E-state index contributed by atoms with van der Waals surface area (Å²) in [6.07, 6.45) is 0. The van der Waals surface area contributed by atoms with Crippen LogP contribution in [0.15, 0.2) is 42.5 Å². The molecular weight excluding hydrogens is 223 g/mol. The van der Waals surface area contributed by atoms with E-state index >= 15 is 0 Å². The van der Waals surface area contributed by atoms with E-state index in [0.717, 1.165) is 10.8 Å². The van der Waals surface area contributed by atoms with Crippen LogP contribution < -0.4 is 33.7 Å². The van der Waals surface area contributed by atoms with Crippen LogP contribution in [0.25, 0.3) is 10.8 Å². The maximum absolute atomic E-state index is 10.4. The van der Waals surface area contributed by atoms with Crippen LogP contribution in [0.3, 0.4) is 0 Å². The molecule has 3 nitrogen and oxygen atoms in total. The molecule has 0 amide bonds. The first-order valence-electron chi connectivity index (χ1n) is 4.03. The molecule has 0 saturated heterocycles. The van der Waals surface area contributed by atoms with Crippen molar-refractivity contribution < 1.29 is 42.5 Å². The normalized spacial score (nSPS) is 11.8. The van der Waals surface area contributed by atoms with Crippen LogP contribution in [0.5, 0.6) is 5.75 Å². The molecule has 1 unspecified atom stereocenters. The Morgan fingerprint density at radius 3 is 2.47 bits per heavy atom. The van der Waals surface area contributed by atoms with E-state index in [1.54, 1.807) is 12.1 Å². The fourth-order valence-electron chi connectivity index (χ4n) is 1.34. The van der Waals surface area contributed by atoms with E-state index in [1.165, 1.54) is 0 Å². The molecule has 0 aliphatic heterocycles. The molecule has 0 aromatic heterocycles. The Balaban J connectivity index is 0.00000112. The summed E-state index contributed by atoms with van der Waals surface area (Å²) in [6.45, 7) is 0. The van der Waals surface area contributed by atoms with Crippen LogP contribution in [0.1, 0.15) is 0 Å². The topological polar surface area (TPSA) is 49.4 Å². The van der Waals surface area contributed by atoms with Crippen molar-refractivity contribution in [3.05, 3.63) is 42.5 Å². The molecule has 0 N–H and O–H groups in total. The Labute approximate surface area is 112 Å². The first-order valence-corrected chi connectivity index (χ1v) is 5.03. The van der Waals surface area contributed by atoms with Crippen LogP contribution in [0, 0.1) is 0 Å². The molecular formula is C10H7NaO3S. The molecule has 72 valence electrons. The summed E-state index contributed by atoms with van der Waals surface area (Å²) in [6, 6.07) is 12.7. The molecule has 5 heteroatoms. The molecule has 1 atom stereocenters. The van der Waals surface area contributed by atoms with Crippen LogP contribution in [-0.4, -0.2) is 8.76 Å². The van der Waals surface area contributed by atoms with Gasteiger partial charge in [-0.05, 0) is 11.5 Å². The van der Waals surface area contributed by atoms with Crippen molar-refractivity contribution in [1.82, 2.24) is 0 Å². The van der Waals surface area contributed by atoms with Gasteiger partial charge in [0.2, 0.25) is 0 Å². The van der Waals surface area contributed by atoms with Gasteiger partial charge >= 0.3 is 29.6 Å². The van der Waals surface area contributed by atoms with Gasteiger partial charge in [-0.25, -0.2) is 4.21 Å². The van der Waals surface area contributed by atoms with Gasteiger partial charge in [-0.2, -0.15) is 0 Å². The third-order valence-corrected chi connectivity index (χ3v) is 2.22. The number of rotatable bonds is 2. The molecule has 0 heterocycles. The molecule has 15 heavy (non-hydrogen) atoms. The predicted octanol–water partition coefficient (Wildman–Crippen LogP) is -0.983. The van der Waals surface area contributed by atoms with Crippen LogP contribution in [0.4, 0.5) is 0 Å². The van der Waals surface area contributed by atoms with Crippen LogP contribution in [0.2, 0.25) is 0 Å². The van der Waals surface area contributed by atoms with Crippen molar-refractivity contribution in [3.63, 3.8) is 0 Å². The van der Waals surface area contributed by atoms with Gasteiger partial charge in [0.15, 0.2) is 0 Å². The van der Waals surface area contributed by atoms with Gasteiger partial charge in [0.25, 0.3) is 0 Å². The smallest absolute Gasteiger partial charge is 0.740 e. The third-order valence-electron chi connectivity index (χ3n) is 1.91. The molecule has 0 bridgehead atoms. The number of benzene rings is 2. The Morgan fingerprint density at radius 1 is 1.07 bits per heavy atom. The second kappa shape index (κ2) is 5.63. The maximum atomic E-state index is 10.4. The van der Waals surface area contributed by atoms with Crippen molar-refractivity contribution in [2.75, 3.05) is 0 Å². The van der Waals surface area contributed by atoms with Gasteiger partial charge in [0.1, 0.15) is 17.1 Å². The van der Waals surface area contributed by atoms with Crippen molar-refractivity contribution in [3.8, 4) is 5.75 Å². The SMILES string of the molecule is O=S([O-])Oc1cccc2ccccc12.[Na+]. The van der Waals surface area contributed by atoms with Crippen molar-refractivity contribution in [2.24, 2.45) is 0 Å². The second-order valence-corrected chi connectivity index (χ2v) is 3.34. The summed E-state index contributed by atoms with van der Waals surface area (Å²) in [5.74, 6) is 0.358. The van der Waals surface area contributed by atoms with Crippen molar-refractivity contribution >= 4 is 22.1 Å². The summed E-state index contributed by atoms with van der Waals surface area (Å²) >= 11 is -2.52. The van der Waals surface area contributed by atoms with Gasteiger partial charge in [0.05, 0.1) is 0 Å². The monoisotopic (exact) mass is 230 g/mol. The van der Waals surface area contributed by atoms with Gasteiger partial charge in [-0.15, -0.1) is 0 Å². The molecule has 0 fully saturated rings. The number of fused-ring (bicyclic) bond motifs is 1. The van der Waals surface area contributed by atoms with Crippen LogP contribution in [-0.2, 0) is 11.4 Å². The molecule has 0 saturated carbocycles. The van der Waals surface area contributed by atoms with Crippen LogP contribution >= 0.6 is 0 Å². The van der Waals surface area contributed by atoms with E-state index in [2.05, 4.69) is 4.18 Å². The van der Waals surface area contributed by atoms with Gasteiger partial charge in [-0.3, -0.25) is 0 Å². The van der Waals surface area contributed by atoms with Gasteiger partial charge < -0.3 is 8.74 Å². The summed E-state index contributed by atoms with van der Waals surface area (Å²) in [4.78, 5) is 0. The Kier molecular flexibility index (Phi) is 4.76. The fraction of sp³-hybridized carbons (Fsp3) is 0. The minimum absolute atomic E-state index is 0. The molecule has 0 spiro atoms. The molecule has 2 aromatic rings. The zero-order chi connectivity index (χ0) is 9.97. The molecule has 2 aromatic carbocycles. The van der Waals surface area contributed by atoms with Crippen molar-refractivity contribution in [2.45, 2.75) is 0 Å². The largest absolute Gasteiger partial charge is 1.00 e. The zero-order valence-electron chi connectivity index (χ0n) is 8.17. The summed E-state index contributed by atoms with van der Waals surface area (Å²) in [5, 5.41) is 1.75. The van der Waals surface area contributed by atoms with E-state index in [4.69, 9.17) is 0 Å². The summed E-state index contributed by atoms with van der Waals surface area (Å²) < 4.78 is 25.4. The Bertz CT molecular complexity index is 482. The Morgan fingerprint density at radius 2 is 1.73 bits per heavy atom. The minimum atomic E-state index is -2.52. The molecule has 0 aliphatic carbocycles. The summed E-state index contributed by atoms with van der Waals surface area (Å²) in [5.41, 5.74) is 0. The average molecular weight is 230 g/mol. The quantitative estimate of drug-likeness (QED) is 0.492.